The van der Waals surface area contributed by atoms with Gasteiger partial charge in [0.05, 0.1) is 18.5 Å². The Kier molecular flexibility index (Phi) is 6.87. The highest BCUT2D eigenvalue weighted by Gasteiger charge is 2.40. The number of halogens is 3. The highest BCUT2D eigenvalue weighted by Crippen LogP contribution is 2.37. The second-order valence-electron chi connectivity index (χ2n) is 7.19. The minimum atomic E-state index is -1.08. The largest absolute Gasteiger partial charge is 0.480 e. The van der Waals surface area contributed by atoms with Gasteiger partial charge in [-0.3, -0.25) is 9.89 Å². The number of hydrogen-bond donors (Lipinski definition) is 2. The van der Waals surface area contributed by atoms with Crippen LogP contribution in [0.1, 0.15) is 31.9 Å². The molecule has 1 aromatic rings. The third-order valence-corrected chi connectivity index (χ3v) is 5.51. The predicted octanol–water partition coefficient (Wildman–Crippen LogP) is 3.33. The molecule has 0 saturated carbocycles. The summed E-state index contributed by atoms with van der Waals surface area (Å²) in [7, 11) is 0. The molecule has 9 heteroatoms. The zero-order valence-electron chi connectivity index (χ0n) is 16.3. The number of carboxylic acid groups (broad SMARTS) is 1. The Hall–Kier alpha value is -2.03. The summed E-state index contributed by atoms with van der Waals surface area (Å²) in [6, 6.07) is 3.44. The van der Waals surface area contributed by atoms with Crippen molar-refractivity contribution in [2.24, 2.45) is 4.99 Å². The van der Waals surface area contributed by atoms with Gasteiger partial charge in [-0.05, 0) is 36.6 Å². The molecule has 2 aliphatic heterocycles. The van der Waals surface area contributed by atoms with Crippen LogP contribution >= 0.6 is 11.6 Å². The lowest BCUT2D eigenvalue weighted by Crippen LogP contribution is -2.61. The topological polar surface area (TPSA) is 74.2 Å². The van der Waals surface area contributed by atoms with Gasteiger partial charge in [0.1, 0.15) is 24.6 Å². The van der Waals surface area contributed by atoms with Crippen LogP contribution in [0, 0.1) is 5.82 Å². The highest BCUT2D eigenvalue weighted by molar-refractivity contribution is 6.31. The van der Waals surface area contributed by atoms with Crippen molar-refractivity contribution in [2.45, 2.75) is 38.5 Å². The Bertz CT molecular complexity index is 846. The summed E-state index contributed by atoms with van der Waals surface area (Å²) >= 11 is 6.27. The minimum Gasteiger partial charge on any atom is -0.480 e. The van der Waals surface area contributed by atoms with Crippen molar-refractivity contribution in [1.29, 1.82) is 0 Å². The molecular weight excluding hydrogens is 404 g/mol. The van der Waals surface area contributed by atoms with Gasteiger partial charge in [0.15, 0.2) is 0 Å². The quantitative estimate of drug-likeness (QED) is 0.665. The van der Waals surface area contributed by atoms with Crippen molar-refractivity contribution >= 4 is 23.4 Å². The molecule has 1 saturated heterocycles. The smallest absolute Gasteiger partial charge is 0.329 e. The summed E-state index contributed by atoms with van der Waals surface area (Å²) in [6.45, 7) is 4.10. The lowest BCUT2D eigenvalue weighted by Gasteiger charge is -2.45. The normalized spacial score (nSPS) is 24.7. The molecule has 0 aliphatic carbocycles. The van der Waals surface area contributed by atoms with Gasteiger partial charge in [0, 0.05) is 23.8 Å². The average molecular weight is 428 g/mol. The number of carboxylic acids is 1. The molecule has 158 valence electrons. The minimum absolute atomic E-state index is 0.0164. The Morgan fingerprint density at radius 2 is 2.24 bits per heavy atom. The molecule has 0 bridgehead atoms. The van der Waals surface area contributed by atoms with Gasteiger partial charge in [0.25, 0.3) is 0 Å². The third kappa shape index (κ3) is 4.94. The summed E-state index contributed by atoms with van der Waals surface area (Å²) in [4.78, 5) is 17.2. The lowest BCUT2D eigenvalue weighted by atomic mass is 9.92. The maximum absolute atomic E-state index is 14.0. The van der Waals surface area contributed by atoms with Crippen molar-refractivity contribution in [2.75, 3.05) is 26.3 Å². The first-order chi connectivity index (χ1) is 13.8. The number of hydrogen-bond acceptors (Lipinski definition) is 5. The number of nitrogens with zero attached hydrogens (tertiary/aromatic N) is 2. The van der Waals surface area contributed by atoms with E-state index in [9.17, 15) is 13.6 Å². The molecule has 2 heterocycles. The predicted molar refractivity (Wildman–Crippen MR) is 106 cm³/mol. The summed E-state index contributed by atoms with van der Waals surface area (Å²) in [5, 5.41) is 12.3. The van der Waals surface area contributed by atoms with Crippen molar-refractivity contribution in [1.82, 2.24) is 10.2 Å². The van der Waals surface area contributed by atoms with E-state index >= 15 is 0 Å². The van der Waals surface area contributed by atoms with E-state index in [1.807, 2.05) is 18.7 Å². The number of ether oxygens (including phenoxy) is 1. The van der Waals surface area contributed by atoms with Gasteiger partial charge < -0.3 is 15.2 Å². The molecule has 0 radical (unpaired) electrons. The lowest BCUT2D eigenvalue weighted by molar-refractivity contribution is -0.144. The van der Waals surface area contributed by atoms with Crippen LogP contribution in [0.15, 0.2) is 34.5 Å². The number of amidine groups is 1. The fourth-order valence-electron chi connectivity index (χ4n) is 3.73. The highest BCUT2D eigenvalue weighted by atomic mass is 35.5. The van der Waals surface area contributed by atoms with Gasteiger partial charge in [0.2, 0.25) is 0 Å². The third-order valence-electron chi connectivity index (χ3n) is 5.18. The summed E-state index contributed by atoms with van der Waals surface area (Å²) < 4.78 is 32.6. The fourth-order valence-corrected chi connectivity index (χ4v) is 4.00. The Morgan fingerprint density at radius 1 is 1.48 bits per heavy atom. The van der Waals surface area contributed by atoms with Crippen molar-refractivity contribution in [3.63, 3.8) is 0 Å². The van der Waals surface area contributed by atoms with Gasteiger partial charge in [-0.2, -0.15) is 0 Å². The molecule has 3 atom stereocenters. The van der Waals surface area contributed by atoms with E-state index in [1.54, 1.807) is 6.07 Å². The number of aliphatic imine (C=N–C) groups is 1. The number of alkyl halides is 1. The monoisotopic (exact) mass is 427 g/mol. The van der Waals surface area contributed by atoms with Crippen LogP contribution in [-0.4, -0.2) is 60.3 Å². The number of aliphatic carboxylic acids is 1. The zero-order valence-corrected chi connectivity index (χ0v) is 17.0. The van der Waals surface area contributed by atoms with Crippen molar-refractivity contribution < 1.29 is 23.4 Å². The number of benzene rings is 1. The SMILES string of the molecule is CCC1=C(CN2CC(F)C2COCC(=O)O)NC(C)=N[C@H]1c1ccc(F)cc1Cl. The second kappa shape index (κ2) is 9.19. The van der Waals surface area contributed by atoms with Gasteiger partial charge in [-0.25, -0.2) is 13.6 Å². The van der Waals surface area contributed by atoms with E-state index < -0.39 is 30.6 Å². The van der Waals surface area contributed by atoms with E-state index in [2.05, 4.69) is 10.3 Å². The number of rotatable bonds is 8. The van der Waals surface area contributed by atoms with Crippen LogP contribution in [0.3, 0.4) is 0 Å². The first-order valence-electron chi connectivity index (χ1n) is 9.46. The van der Waals surface area contributed by atoms with Crippen LogP contribution in [-0.2, 0) is 9.53 Å². The Balaban J connectivity index is 1.79. The van der Waals surface area contributed by atoms with Crippen LogP contribution < -0.4 is 5.32 Å². The second-order valence-corrected chi connectivity index (χ2v) is 7.59. The fraction of sp³-hybridized carbons (Fsp3) is 0.500. The zero-order chi connectivity index (χ0) is 21.1. The molecule has 0 aromatic heterocycles. The molecule has 0 spiro atoms. The number of nitrogens with one attached hydrogen (secondary N) is 1. The van der Waals surface area contributed by atoms with Crippen LogP contribution in [0.2, 0.25) is 5.02 Å². The average Bonchev–Trinajstić information content (AvgIpc) is 2.64. The van der Waals surface area contributed by atoms with E-state index in [4.69, 9.17) is 21.4 Å². The van der Waals surface area contributed by atoms with Crippen LogP contribution in [0.4, 0.5) is 8.78 Å². The van der Waals surface area contributed by atoms with Gasteiger partial charge in [-0.1, -0.05) is 24.6 Å². The van der Waals surface area contributed by atoms with E-state index in [1.165, 1.54) is 12.1 Å². The van der Waals surface area contributed by atoms with Gasteiger partial charge >= 0.3 is 5.97 Å². The van der Waals surface area contributed by atoms with Crippen molar-refractivity contribution in [3.05, 3.63) is 45.9 Å². The molecular formula is C20H24ClF2N3O3. The molecule has 3 rings (SSSR count). The summed E-state index contributed by atoms with van der Waals surface area (Å²) in [5.74, 6) is -0.796. The number of likely N-dealkylation sites (tertiary alicyclic amines) is 1. The van der Waals surface area contributed by atoms with E-state index in [-0.39, 0.29) is 19.2 Å². The van der Waals surface area contributed by atoms with Crippen LogP contribution in [0.5, 0.6) is 0 Å². The Labute approximate surface area is 173 Å². The standard InChI is InChI=1S/C20H24ClF2N3O3/c1-3-13-17(8-26-7-16(23)18(26)9-29-10-19(27)28)24-11(2)25-20(13)14-5-4-12(22)6-15(14)21/h4-6,16,18,20H,3,7-10H2,1-2H3,(H,24,25)(H,27,28)/t16?,18?,20-/m1/s1. The molecule has 2 N–H and O–H groups in total. The van der Waals surface area contributed by atoms with E-state index in [0.29, 0.717) is 23.8 Å². The molecule has 1 aromatic carbocycles. The maximum atomic E-state index is 14.0. The molecule has 1 fully saturated rings. The first-order valence-corrected chi connectivity index (χ1v) is 9.83. The Morgan fingerprint density at radius 3 is 2.86 bits per heavy atom. The maximum Gasteiger partial charge on any atom is 0.329 e. The first kappa shape index (κ1) is 21.7. The summed E-state index contributed by atoms with van der Waals surface area (Å²) in [5.41, 5.74) is 2.62. The molecule has 29 heavy (non-hydrogen) atoms. The molecule has 6 nitrogen and oxygen atoms in total. The number of carbonyl (C=O) groups is 1. The van der Waals surface area contributed by atoms with Gasteiger partial charge in [-0.15, -0.1) is 0 Å². The molecule has 0 amide bonds. The molecule has 2 aliphatic rings. The summed E-state index contributed by atoms with van der Waals surface area (Å²) in [6.07, 6.45) is -0.375. The van der Waals surface area contributed by atoms with Crippen LogP contribution in [0.25, 0.3) is 0 Å². The molecule has 2 unspecified atom stereocenters. The van der Waals surface area contributed by atoms with E-state index in [0.717, 1.165) is 16.8 Å². The van der Waals surface area contributed by atoms with Crippen molar-refractivity contribution in [3.8, 4) is 0 Å².